The minimum atomic E-state index is -0.649. The molecule has 0 spiro atoms. The second-order valence-electron chi connectivity index (χ2n) is 4.01. The largest absolute Gasteiger partial charge is 0.453 e. The molecule has 0 aliphatic carbocycles. The van der Waals surface area contributed by atoms with Crippen LogP contribution in [0, 0.1) is 0 Å². The van der Waals surface area contributed by atoms with Crippen LogP contribution < -0.4 is 10.6 Å². The molecule has 0 atom stereocenters. The fraction of sp³-hybridized carbons (Fsp3) is 0.250. The molecular weight excluding hydrogens is 276 g/mol. The fourth-order valence-corrected chi connectivity index (χ4v) is 1.47. The van der Waals surface area contributed by atoms with Gasteiger partial charge in [-0.1, -0.05) is 0 Å². The molecular formula is C12H14N6O3. The predicted molar refractivity (Wildman–Crippen MR) is 72.1 cm³/mol. The molecule has 2 N–H and O–H groups in total. The van der Waals surface area contributed by atoms with Gasteiger partial charge in [0.2, 0.25) is 5.91 Å². The van der Waals surface area contributed by atoms with Gasteiger partial charge in [-0.25, -0.2) is 4.79 Å². The van der Waals surface area contributed by atoms with E-state index in [0.717, 1.165) is 5.56 Å². The number of hydrogen-bond acceptors (Lipinski definition) is 6. The molecule has 0 aromatic carbocycles. The number of nitrogens with zero attached hydrogens (tertiary/aromatic N) is 4. The minimum Gasteiger partial charge on any atom is -0.453 e. The van der Waals surface area contributed by atoms with Crippen molar-refractivity contribution in [2.75, 3.05) is 12.4 Å². The molecule has 2 heterocycles. The number of rotatable bonds is 5. The average Bonchev–Trinajstić information content (AvgIpc) is 2.93. The van der Waals surface area contributed by atoms with Gasteiger partial charge >= 0.3 is 6.09 Å². The van der Waals surface area contributed by atoms with Crippen molar-refractivity contribution in [3.63, 3.8) is 0 Å². The molecule has 2 aromatic heterocycles. The van der Waals surface area contributed by atoms with Crippen molar-refractivity contribution in [2.24, 2.45) is 0 Å². The van der Waals surface area contributed by atoms with Gasteiger partial charge in [0, 0.05) is 18.9 Å². The van der Waals surface area contributed by atoms with Crippen LogP contribution >= 0.6 is 0 Å². The van der Waals surface area contributed by atoms with E-state index in [2.05, 4.69) is 30.6 Å². The fourth-order valence-electron chi connectivity index (χ4n) is 1.47. The summed E-state index contributed by atoms with van der Waals surface area (Å²) < 4.78 is 4.42. The lowest BCUT2D eigenvalue weighted by Crippen LogP contribution is -2.28. The molecule has 0 radical (unpaired) electrons. The number of anilines is 1. The highest BCUT2D eigenvalue weighted by Crippen LogP contribution is 1.99. The molecule has 0 fully saturated rings. The lowest BCUT2D eigenvalue weighted by atomic mass is 10.3. The lowest BCUT2D eigenvalue weighted by molar-refractivity contribution is -0.122. The molecule has 9 nitrogen and oxygen atoms in total. The van der Waals surface area contributed by atoms with Gasteiger partial charge in [-0.05, 0) is 17.7 Å². The van der Waals surface area contributed by atoms with Gasteiger partial charge in [-0.15, -0.1) is 5.10 Å². The van der Waals surface area contributed by atoms with Crippen LogP contribution in [-0.4, -0.2) is 39.1 Å². The van der Waals surface area contributed by atoms with Gasteiger partial charge < -0.3 is 10.1 Å². The smallest absolute Gasteiger partial charge is 0.412 e. The standard InChI is InChI=1S/C12H14N6O3/c1-21-12(20)16-10-7-15-18(17-10)8-11(19)14-6-9-2-4-13-5-3-9/h2-5,7H,6,8H2,1H3,(H,14,19)(H,16,17,20). The van der Waals surface area contributed by atoms with E-state index in [-0.39, 0.29) is 18.3 Å². The highest BCUT2D eigenvalue weighted by atomic mass is 16.5. The van der Waals surface area contributed by atoms with Gasteiger partial charge in [-0.2, -0.15) is 9.90 Å². The van der Waals surface area contributed by atoms with Crippen LogP contribution in [0.2, 0.25) is 0 Å². The first-order valence-electron chi connectivity index (χ1n) is 6.08. The number of amides is 2. The maximum Gasteiger partial charge on any atom is 0.412 e. The Morgan fingerprint density at radius 3 is 2.81 bits per heavy atom. The van der Waals surface area contributed by atoms with Gasteiger partial charge in [0.25, 0.3) is 0 Å². The van der Waals surface area contributed by atoms with Crippen LogP contribution in [0.4, 0.5) is 10.6 Å². The summed E-state index contributed by atoms with van der Waals surface area (Å²) in [6.07, 6.45) is 3.99. The Morgan fingerprint density at radius 2 is 2.10 bits per heavy atom. The Balaban J connectivity index is 1.81. The summed E-state index contributed by atoms with van der Waals surface area (Å²) in [5, 5.41) is 12.9. The number of hydrogen-bond donors (Lipinski definition) is 2. The van der Waals surface area contributed by atoms with Crippen molar-refractivity contribution in [1.29, 1.82) is 0 Å². The van der Waals surface area contributed by atoms with Gasteiger partial charge in [-0.3, -0.25) is 15.1 Å². The Morgan fingerprint density at radius 1 is 1.33 bits per heavy atom. The summed E-state index contributed by atoms with van der Waals surface area (Å²) in [5.41, 5.74) is 0.944. The van der Waals surface area contributed by atoms with E-state index < -0.39 is 6.09 Å². The molecule has 2 aromatic rings. The summed E-state index contributed by atoms with van der Waals surface area (Å²) in [6.45, 7) is 0.351. The SMILES string of the molecule is COC(=O)Nc1cnn(CC(=O)NCc2ccncc2)n1. The third-order valence-corrected chi connectivity index (χ3v) is 2.48. The summed E-state index contributed by atoms with van der Waals surface area (Å²) in [5.74, 6) is -0.0317. The molecule has 2 amide bonds. The molecule has 0 aliphatic heterocycles. The van der Waals surface area contributed by atoms with Gasteiger partial charge in [0.1, 0.15) is 6.54 Å². The van der Waals surface area contributed by atoms with Gasteiger partial charge in [0.15, 0.2) is 5.82 Å². The number of nitrogens with one attached hydrogen (secondary N) is 2. The first-order valence-corrected chi connectivity index (χ1v) is 6.08. The summed E-state index contributed by atoms with van der Waals surface area (Å²) >= 11 is 0. The van der Waals surface area contributed by atoms with Crippen molar-refractivity contribution in [1.82, 2.24) is 25.3 Å². The quantitative estimate of drug-likeness (QED) is 0.812. The first-order chi connectivity index (χ1) is 10.2. The topological polar surface area (TPSA) is 111 Å². The number of carbonyl (C=O) groups is 2. The number of methoxy groups -OCH3 is 1. The number of pyridine rings is 1. The van der Waals surface area contributed by atoms with E-state index in [0.29, 0.717) is 6.54 Å². The van der Waals surface area contributed by atoms with Crippen molar-refractivity contribution >= 4 is 17.8 Å². The predicted octanol–water partition coefficient (Wildman–Crippen LogP) is 0.168. The second-order valence-corrected chi connectivity index (χ2v) is 4.01. The Hall–Kier alpha value is -2.97. The van der Waals surface area contributed by atoms with Crippen molar-refractivity contribution in [3.05, 3.63) is 36.3 Å². The summed E-state index contributed by atoms with van der Waals surface area (Å²) in [7, 11) is 1.24. The third-order valence-electron chi connectivity index (χ3n) is 2.48. The van der Waals surface area contributed by atoms with Crippen LogP contribution in [-0.2, 0) is 22.6 Å². The number of carbonyl (C=O) groups excluding carboxylic acids is 2. The van der Waals surface area contributed by atoms with Crippen LogP contribution in [0.5, 0.6) is 0 Å². The molecule has 0 unspecified atom stereocenters. The molecule has 0 saturated carbocycles. The Labute approximate surface area is 120 Å². The molecule has 9 heteroatoms. The maximum atomic E-state index is 11.7. The first kappa shape index (κ1) is 14.4. The average molecular weight is 290 g/mol. The van der Waals surface area contributed by atoms with E-state index in [9.17, 15) is 9.59 Å². The molecule has 0 bridgehead atoms. The molecule has 0 saturated heterocycles. The molecule has 2 rings (SSSR count). The zero-order chi connectivity index (χ0) is 15.1. The van der Waals surface area contributed by atoms with E-state index in [1.54, 1.807) is 12.4 Å². The Bertz CT molecular complexity index is 612. The highest BCUT2D eigenvalue weighted by Gasteiger charge is 2.08. The molecule has 21 heavy (non-hydrogen) atoms. The normalized spacial score (nSPS) is 9.95. The lowest BCUT2D eigenvalue weighted by Gasteiger charge is -2.04. The summed E-state index contributed by atoms with van der Waals surface area (Å²) in [4.78, 5) is 27.8. The van der Waals surface area contributed by atoms with Crippen LogP contribution in [0.15, 0.2) is 30.7 Å². The van der Waals surface area contributed by atoms with Crippen molar-refractivity contribution in [2.45, 2.75) is 13.1 Å². The van der Waals surface area contributed by atoms with E-state index in [4.69, 9.17) is 0 Å². The third kappa shape index (κ3) is 4.56. The van der Waals surface area contributed by atoms with E-state index in [1.807, 2.05) is 12.1 Å². The monoisotopic (exact) mass is 290 g/mol. The van der Waals surface area contributed by atoms with Crippen molar-refractivity contribution < 1.29 is 14.3 Å². The zero-order valence-electron chi connectivity index (χ0n) is 11.3. The minimum absolute atomic E-state index is 0.0477. The van der Waals surface area contributed by atoms with Crippen LogP contribution in [0.25, 0.3) is 0 Å². The zero-order valence-corrected chi connectivity index (χ0v) is 11.3. The maximum absolute atomic E-state index is 11.7. The van der Waals surface area contributed by atoms with Crippen molar-refractivity contribution in [3.8, 4) is 0 Å². The second kappa shape index (κ2) is 6.98. The highest BCUT2D eigenvalue weighted by molar-refractivity contribution is 5.82. The molecule has 110 valence electrons. The van der Waals surface area contributed by atoms with E-state index in [1.165, 1.54) is 18.1 Å². The Kier molecular flexibility index (Phi) is 4.80. The number of ether oxygens (including phenoxy) is 1. The van der Waals surface area contributed by atoms with Crippen LogP contribution in [0.1, 0.15) is 5.56 Å². The van der Waals surface area contributed by atoms with E-state index >= 15 is 0 Å². The molecule has 0 aliphatic rings. The van der Waals surface area contributed by atoms with Gasteiger partial charge in [0.05, 0.1) is 13.3 Å². The van der Waals surface area contributed by atoms with Crippen LogP contribution in [0.3, 0.4) is 0 Å². The number of aromatic nitrogens is 4. The summed E-state index contributed by atoms with van der Waals surface area (Å²) in [6, 6.07) is 3.62.